The van der Waals surface area contributed by atoms with E-state index in [0.29, 0.717) is 9.37 Å². The van der Waals surface area contributed by atoms with Gasteiger partial charge < -0.3 is 36.8 Å². The van der Waals surface area contributed by atoms with Crippen molar-refractivity contribution in [2.45, 2.75) is 18.6 Å². The largest absolute Gasteiger partial charge is 0.508 e. The first-order valence-corrected chi connectivity index (χ1v) is 11.7. The van der Waals surface area contributed by atoms with Crippen LogP contribution in [0.15, 0.2) is 39.8 Å². The second-order valence-corrected chi connectivity index (χ2v) is 9.15. The SMILES string of the molecule is NCC(=O)N(C(=O)c1cc(O)cc(NC2=NCC(O)CN2)c1)C(CC(=O)O)c1cc(Br)cc(Cl)c1O. The van der Waals surface area contributed by atoms with Gasteiger partial charge in [0.05, 0.1) is 36.7 Å². The van der Waals surface area contributed by atoms with E-state index >= 15 is 0 Å². The quantitative estimate of drug-likeness (QED) is 0.250. The number of β-amino-alcohol motifs (C(OH)–C–C–N with tert-alkyl or cyclic N) is 1. The number of phenols is 2. The summed E-state index contributed by atoms with van der Waals surface area (Å²) in [5.41, 5.74) is 5.49. The third-order valence-electron chi connectivity index (χ3n) is 5.15. The number of carboxylic acids is 1. The number of aliphatic hydroxyl groups is 1. The fourth-order valence-electron chi connectivity index (χ4n) is 3.57. The molecule has 0 spiro atoms. The van der Waals surface area contributed by atoms with Crippen molar-refractivity contribution >= 4 is 57.0 Å². The molecule has 2 unspecified atom stereocenters. The van der Waals surface area contributed by atoms with Crippen LogP contribution in [0.25, 0.3) is 0 Å². The lowest BCUT2D eigenvalue weighted by molar-refractivity contribution is -0.139. The van der Waals surface area contributed by atoms with Crippen LogP contribution in [-0.4, -0.2) is 74.8 Å². The first-order chi connectivity index (χ1) is 17.0. The Balaban J connectivity index is 2.06. The fraction of sp³-hybridized carbons (Fsp3) is 0.273. The Morgan fingerprint density at radius 3 is 2.58 bits per heavy atom. The number of aliphatic carboxylic acids is 1. The molecular formula is C22H23BrClN5O7. The van der Waals surface area contributed by atoms with Gasteiger partial charge in [-0.3, -0.25) is 24.3 Å². The number of aliphatic imine (C=N–C) groups is 1. The number of hydrogen-bond acceptors (Lipinski definition) is 10. The zero-order chi connectivity index (χ0) is 26.6. The first-order valence-electron chi connectivity index (χ1n) is 10.5. The second-order valence-electron chi connectivity index (χ2n) is 7.83. The zero-order valence-electron chi connectivity index (χ0n) is 18.6. The Labute approximate surface area is 218 Å². The van der Waals surface area contributed by atoms with Crippen LogP contribution in [0.1, 0.15) is 28.4 Å². The van der Waals surface area contributed by atoms with Gasteiger partial charge in [0.15, 0.2) is 5.96 Å². The molecule has 3 rings (SSSR count). The number of aliphatic hydroxyl groups excluding tert-OH is 1. The van der Waals surface area contributed by atoms with Crippen molar-refractivity contribution in [2.24, 2.45) is 10.7 Å². The highest BCUT2D eigenvalue weighted by Gasteiger charge is 2.35. The third kappa shape index (κ3) is 6.43. The van der Waals surface area contributed by atoms with E-state index in [1.807, 2.05) is 0 Å². The van der Waals surface area contributed by atoms with Crippen molar-refractivity contribution in [3.8, 4) is 11.5 Å². The van der Waals surface area contributed by atoms with E-state index < -0.39 is 48.6 Å². The summed E-state index contributed by atoms with van der Waals surface area (Å²) in [6.45, 7) is -0.254. The molecule has 0 bridgehead atoms. The van der Waals surface area contributed by atoms with E-state index in [0.717, 1.165) is 6.07 Å². The number of hydrogen-bond donors (Lipinski definition) is 7. The highest BCUT2D eigenvalue weighted by Crippen LogP contribution is 2.39. The van der Waals surface area contributed by atoms with E-state index in [9.17, 15) is 34.8 Å². The van der Waals surface area contributed by atoms with Gasteiger partial charge in [0.1, 0.15) is 11.5 Å². The van der Waals surface area contributed by atoms with Crippen LogP contribution >= 0.6 is 27.5 Å². The number of nitrogens with zero attached hydrogens (tertiary/aromatic N) is 2. The topological polar surface area (TPSA) is 198 Å². The predicted molar refractivity (Wildman–Crippen MR) is 134 cm³/mol. The minimum Gasteiger partial charge on any atom is -0.508 e. The standard InChI is InChI=1S/C22H23BrClN5O7/c23-11-3-15(20(35)16(24)4-11)17(6-19(33)34)29(18(32)7-25)21(36)10-1-12(5-13(30)2-10)28-22-26-8-14(31)9-27-22/h1-5,14,17,30-31,35H,6-9,25H2,(H,33,34)(H2,26,27,28). The molecule has 192 valence electrons. The highest BCUT2D eigenvalue weighted by atomic mass is 79.9. The Morgan fingerprint density at radius 1 is 1.25 bits per heavy atom. The van der Waals surface area contributed by atoms with Crippen molar-refractivity contribution in [1.82, 2.24) is 10.2 Å². The van der Waals surface area contributed by atoms with Crippen LogP contribution < -0.4 is 16.4 Å². The molecule has 2 amide bonds. The second kappa shape index (κ2) is 11.6. The number of carbonyl (C=O) groups excluding carboxylic acids is 2. The molecule has 1 aliphatic heterocycles. The first kappa shape index (κ1) is 27.2. The third-order valence-corrected chi connectivity index (χ3v) is 5.90. The molecule has 0 aliphatic carbocycles. The summed E-state index contributed by atoms with van der Waals surface area (Å²) in [7, 11) is 0. The van der Waals surface area contributed by atoms with E-state index in [-0.39, 0.29) is 46.6 Å². The maximum Gasteiger partial charge on any atom is 0.305 e. The molecule has 1 aliphatic rings. The number of aromatic hydroxyl groups is 2. The predicted octanol–water partition coefficient (Wildman–Crippen LogP) is 1.39. The lowest BCUT2D eigenvalue weighted by Gasteiger charge is -2.30. The molecule has 36 heavy (non-hydrogen) atoms. The smallest absolute Gasteiger partial charge is 0.305 e. The van der Waals surface area contributed by atoms with E-state index in [2.05, 4.69) is 31.6 Å². The Bertz CT molecular complexity index is 1230. The van der Waals surface area contributed by atoms with Gasteiger partial charge in [-0.1, -0.05) is 27.5 Å². The number of carbonyl (C=O) groups is 3. The average Bonchev–Trinajstić information content (AvgIpc) is 2.81. The number of benzene rings is 2. The minimum atomic E-state index is -1.48. The summed E-state index contributed by atoms with van der Waals surface area (Å²) in [4.78, 5) is 42.8. The number of carboxylic acid groups (broad SMARTS) is 1. The molecule has 2 atom stereocenters. The van der Waals surface area contributed by atoms with Crippen LogP contribution in [0, 0.1) is 0 Å². The van der Waals surface area contributed by atoms with Crippen LogP contribution in [0.3, 0.4) is 0 Å². The van der Waals surface area contributed by atoms with Crippen molar-refractivity contribution in [2.75, 3.05) is 25.0 Å². The van der Waals surface area contributed by atoms with Gasteiger partial charge in [0.25, 0.3) is 5.91 Å². The van der Waals surface area contributed by atoms with Crippen LogP contribution in [0.5, 0.6) is 11.5 Å². The Kier molecular flexibility index (Phi) is 8.74. The maximum absolute atomic E-state index is 13.6. The summed E-state index contributed by atoms with van der Waals surface area (Å²) in [5, 5.41) is 45.4. The number of imide groups is 1. The number of phenolic OH excluding ortho intramolecular Hbond substituents is 2. The van der Waals surface area contributed by atoms with Gasteiger partial charge in [-0.2, -0.15) is 0 Å². The number of amides is 2. The Morgan fingerprint density at radius 2 is 1.97 bits per heavy atom. The summed E-state index contributed by atoms with van der Waals surface area (Å²) >= 11 is 9.25. The minimum absolute atomic E-state index is 0.0928. The highest BCUT2D eigenvalue weighted by molar-refractivity contribution is 9.10. The molecule has 12 nitrogen and oxygen atoms in total. The number of guanidine groups is 1. The molecule has 2 aromatic rings. The molecule has 1 heterocycles. The molecule has 0 radical (unpaired) electrons. The number of halogens is 2. The van der Waals surface area contributed by atoms with E-state index in [1.54, 1.807) is 0 Å². The number of nitrogens with two attached hydrogens (primary N) is 1. The molecule has 0 aromatic heterocycles. The molecular weight excluding hydrogens is 562 g/mol. The number of rotatable bonds is 7. The van der Waals surface area contributed by atoms with Gasteiger partial charge in [-0.05, 0) is 24.3 Å². The van der Waals surface area contributed by atoms with Crippen molar-refractivity contribution in [3.63, 3.8) is 0 Å². The number of anilines is 1. The van der Waals surface area contributed by atoms with Gasteiger partial charge in [-0.15, -0.1) is 0 Å². The maximum atomic E-state index is 13.6. The summed E-state index contributed by atoms with van der Waals surface area (Å²) < 4.78 is 0.373. The van der Waals surface area contributed by atoms with E-state index in [4.69, 9.17) is 17.3 Å². The van der Waals surface area contributed by atoms with E-state index in [1.165, 1.54) is 24.3 Å². The summed E-state index contributed by atoms with van der Waals surface area (Å²) in [5.74, 6) is -3.80. The van der Waals surface area contributed by atoms with Gasteiger partial charge in [0.2, 0.25) is 5.91 Å². The molecule has 0 saturated carbocycles. The van der Waals surface area contributed by atoms with Crippen LogP contribution in [0.4, 0.5) is 5.69 Å². The van der Waals surface area contributed by atoms with Gasteiger partial charge >= 0.3 is 5.97 Å². The van der Waals surface area contributed by atoms with Crippen LogP contribution in [-0.2, 0) is 9.59 Å². The lowest BCUT2D eigenvalue weighted by atomic mass is 9.99. The number of nitrogens with one attached hydrogen (secondary N) is 2. The molecule has 0 saturated heterocycles. The molecule has 14 heteroatoms. The Hall–Kier alpha value is -3.39. The zero-order valence-corrected chi connectivity index (χ0v) is 21.0. The van der Waals surface area contributed by atoms with Gasteiger partial charge in [-0.25, -0.2) is 0 Å². The summed E-state index contributed by atoms with van der Waals surface area (Å²) in [6, 6.07) is 4.94. The van der Waals surface area contributed by atoms with Crippen molar-refractivity contribution in [3.05, 3.63) is 51.0 Å². The van der Waals surface area contributed by atoms with Crippen molar-refractivity contribution in [1.29, 1.82) is 0 Å². The van der Waals surface area contributed by atoms with Crippen LogP contribution in [0.2, 0.25) is 5.02 Å². The lowest BCUT2D eigenvalue weighted by Crippen LogP contribution is -2.44. The summed E-state index contributed by atoms with van der Waals surface area (Å²) in [6.07, 6.45) is -1.41. The molecule has 0 fully saturated rings. The fourth-order valence-corrected chi connectivity index (χ4v) is 4.40. The normalized spacial score (nSPS) is 15.9. The van der Waals surface area contributed by atoms with Gasteiger partial charge in [0, 0.05) is 33.9 Å². The van der Waals surface area contributed by atoms with Crippen molar-refractivity contribution < 1.29 is 34.8 Å². The monoisotopic (exact) mass is 583 g/mol. The molecule has 2 aromatic carbocycles. The molecule has 8 N–H and O–H groups in total. The average molecular weight is 585 g/mol.